The predicted octanol–water partition coefficient (Wildman–Crippen LogP) is 3.76. The van der Waals surface area contributed by atoms with Crippen LogP contribution in [0.4, 0.5) is 0 Å². The van der Waals surface area contributed by atoms with Gasteiger partial charge in [-0.05, 0) is 40.9 Å². The van der Waals surface area contributed by atoms with E-state index in [1.807, 2.05) is 6.07 Å². The van der Waals surface area contributed by atoms with Crippen molar-refractivity contribution in [2.75, 3.05) is 0 Å². The fourth-order valence-electron chi connectivity index (χ4n) is 2.62. The lowest BCUT2D eigenvalue weighted by Crippen LogP contribution is -2.00. The predicted molar refractivity (Wildman–Crippen MR) is 70.1 cm³/mol. The lowest BCUT2D eigenvalue weighted by atomic mass is 9.99. The molecule has 0 atom stereocenters. The lowest BCUT2D eigenvalue weighted by Gasteiger charge is -2.12. The van der Waals surface area contributed by atoms with Crippen molar-refractivity contribution < 1.29 is 5.11 Å². The van der Waals surface area contributed by atoms with Crippen molar-refractivity contribution in [1.82, 2.24) is 9.97 Å². The molecule has 0 amide bonds. The maximum Gasteiger partial charge on any atom is 0.197 e. The van der Waals surface area contributed by atoms with Gasteiger partial charge in [-0.25, -0.2) is 9.97 Å². The summed E-state index contributed by atoms with van der Waals surface area (Å²) in [6.45, 7) is 0. The maximum absolute atomic E-state index is 9.50. The summed E-state index contributed by atoms with van der Waals surface area (Å²) in [5, 5.41) is 10.6. The molecule has 1 N–H and O–H groups in total. The number of benzene rings is 1. The number of aromatic hydroxyl groups is 1. The Morgan fingerprint density at radius 3 is 2.71 bits per heavy atom. The quantitative estimate of drug-likeness (QED) is 0.814. The van der Waals surface area contributed by atoms with Crippen LogP contribution in [0, 0.1) is 0 Å². The zero-order chi connectivity index (χ0) is 11.8. The van der Waals surface area contributed by atoms with E-state index in [0.717, 1.165) is 16.6 Å². The Kier molecular flexibility index (Phi) is 2.74. The van der Waals surface area contributed by atoms with Gasteiger partial charge in [0.2, 0.25) is 0 Å². The van der Waals surface area contributed by atoms with Crippen molar-refractivity contribution in [3.63, 3.8) is 0 Å². The summed E-state index contributed by atoms with van der Waals surface area (Å²) in [6, 6.07) is 5.32. The second-order valence-electron chi connectivity index (χ2n) is 4.56. The normalized spacial score (nSPS) is 16.8. The molecule has 88 valence electrons. The number of aromatic nitrogens is 2. The molecule has 0 saturated heterocycles. The summed E-state index contributed by atoms with van der Waals surface area (Å²) in [7, 11) is 0. The van der Waals surface area contributed by atoms with Crippen molar-refractivity contribution in [3.8, 4) is 5.75 Å². The molecule has 0 aliphatic heterocycles. The number of hydrogen-bond donors (Lipinski definition) is 1. The number of halogens is 1. The van der Waals surface area contributed by atoms with Crippen LogP contribution in [0.2, 0.25) is 0 Å². The second-order valence-corrected chi connectivity index (χ2v) is 5.27. The van der Waals surface area contributed by atoms with Gasteiger partial charge in [-0.1, -0.05) is 12.8 Å². The van der Waals surface area contributed by atoms with Crippen LogP contribution in [0.1, 0.15) is 37.3 Å². The molecule has 1 fully saturated rings. The molecule has 1 aliphatic carbocycles. The molecule has 1 aromatic heterocycles. The molecule has 2 aromatic rings. The number of phenols is 1. The Bertz CT molecular complexity index is 559. The molecule has 3 nitrogen and oxygen atoms in total. The summed E-state index contributed by atoms with van der Waals surface area (Å²) in [4.78, 5) is 8.85. The van der Waals surface area contributed by atoms with Gasteiger partial charge in [0, 0.05) is 17.4 Å². The molecular weight excluding hydrogens is 280 g/mol. The highest BCUT2D eigenvalue weighted by atomic mass is 79.9. The summed E-state index contributed by atoms with van der Waals surface area (Å²) < 4.78 is 0.609. The van der Waals surface area contributed by atoms with Crippen molar-refractivity contribution in [2.45, 2.75) is 31.6 Å². The molecule has 0 spiro atoms. The Morgan fingerprint density at radius 2 is 1.94 bits per heavy atom. The molecule has 1 saturated carbocycles. The largest absolute Gasteiger partial charge is 0.508 e. The smallest absolute Gasteiger partial charge is 0.197 e. The molecule has 3 rings (SSSR count). The average Bonchev–Trinajstić information content (AvgIpc) is 2.80. The molecule has 17 heavy (non-hydrogen) atoms. The molecule has 1 aliphatic rings. The molecule has 0 unspecified atom stereocenters. The fraction of sp³-hybridized carbons (Fsp3) is 0.385. The van der Waals surface area contributed by atoms with Crippen LogP contribution in [-0.4, -0.2) is 15.1 Å². The average molecular weight is 293 g/mol. The first-order valence-corrected chi connectivity index (χ1v) is 6.69. The number of hydrogen-bond acceptors (Lipinski definition) is 3. The van der Waals surface area contributed by atoms with Crippen molar-refractivity contribution >= 4 is 26.8 Å². The van der Waals surface area contributed by atoms with E-state index < -0.39 is 0 Å². The van der Waals surface area contributed by atoms with E-state index in [9.17, 15) is 5.11 Å². The minimum atomic E-state index is 0.250. The highest BCUT2D eigenvalue weighted by molar-refractivity contribution is 9.10. The third-order valence-corrected chi connectivity index (χ3v) is 3.78. The van der Waals surface area contributed by atoms with Crippen LogP contribution in [0.15, 0.2) is 22.9 Å². The number of phenolic OH excluding ortho intramolecular Hbond substituents is 1. The second kappa shape index (κ2) is 4.26. The van der Waals surface area contributed by atoms with Crippen LogP contribution in [-0.2, 0) is 0 Å². The minimum Gasteiger partial charge on any atom is -0.508 e. The van der Waals surface area contributed by atoms with Gasteiger partial charge in [-0.3, -0.25) is 0 Å². The van der Waals surface area contributed by atoms with Crippen LogP contribution < -0.4 is 0 Å². The fourth-order valence-corrected chi connectivity index (χ4v) is 3.01. The summed E-state index contributed by atoms with van der Waals surface area (Å²) >= 11 is 3.35. The van der Waals surface area contributed by atoms with Crippen LogP contribution in [0.25, 0.3) is 10.9 Å². The molecule has 4 heteroatoms. The number of fused-ring (bicyclic) bond motifs is 1. The highest BCUT2D eigenvalue weighted by Crippen LogP contribution is 2.37. The first kappa shape index (κ1) is 11.0. The highest BCUT2D eigenvalue weighted by Gasteiger charge is 2.21. The van der Waals surface area contributed by atoms with E-state index in [0.29, 0.717) is 10.7 Å². The Labute approximate surface area is 108 Å². The zero-order valence-corrected chi connectivity index (χ0v) is 10.9. The van der Waals surface area contributed by atoms with Gasteiger partial charge in [-0.2, -0.15) is 0 Å². The Morgan fingerprint density at radius 1 is 1.18 bits per heavy atom. The van der Waals surface area contributed by atoms with E-state index >= 15 is 0 Å². The van der Waals surface area contributed by atoms with Crippen LogP contribution >= 0.6 is 15.9 Å². The summed E-state index contributed by atoms with van der Waals surface area (Å²) in [6.07, 6.45) is 4.98. The number of nitrogens with zero attached hydrogens (tertiary/aromatic N) is 2. The summed E-state index contributed by atoms with van der Waals surface area (Å²) in [5.74, 6) is 0.793. The van der Waals surface area contributed by atoms with Gasteiger partial charge in [0.25, 0.3) is 0 Å². The first-order valence-electron chi connectivity index (χ1n) is 5.90. The van der Waals surface area contributed by atoms with E-state index in [2.05, 4.69) is 25.9 Å². The van der Waals surface area contributed by atoms with Gasteiger partial charge in [0.15, 0.2) is 4.73 Å². The van der Waals surface area contributed by atoms with Gasteiger partial charge < -0.3 is 5.11 Å². The lowest BCUT2D eigenvalue weighted by molar-refractivity contribution is 0.476. The van der Waals surface area contributed by atoms with Crippen molar-refractivity contribution in [2.24, 2.45) is 0 Å². The third kappa shape index (κ3) is 2.02. The molecule has 0 radical (unpaired) electrons. The van der Waals surface area contributed by atoms with Crippen molar-refractivity contribution in [1.29, 1.82) is 0 Å². The monoisotopic (exact) mass is 292 g/mol. The van der Waals surface area contributed by atoms with Crippen molar-refractivity contribution in [3.05, 3.63) is 28.6 Å². The Balaban J connectivity index is 2.21. The first-order chi connectivity index (χ1) is 8.24. The SMILES string of the molecule is Oc1ccc2c(C3CCCC3)nc(Br)nc2c1. The maximum atomic E-state index is 9.50. The molecular formula is C13H13BrN2O. The van der Waals surface area contributed by atoms with E-state index in [-0.39, 0.29) is 5.75 Å². The van der Waals surface area contributed by atoms with Gasteiger partial charge >= 0.3 is 0 Å². The molecule has 1 heterocycles. The minimum absolute atomic E-state index is 0.250. The van der Waals surface area contributed by atoms with Crippen LogP contribution in [0.3, 0.4) is 0 Å². The molecule has 1 aromatic carbocycles. The van der Waals surface area contributed by atoms with E-state index in [1.165, 1.54) is 25.7 Å². The van der Waals surface area contributed by atoms with E-state index in [1.54, 1.807) is 12.1 Å². The Hall–Kier alpha value is -1.16. The van der Waals surface area contributed by atoms with Crippen LogP contribution in [0.5, 0.6) is 5.75 Å². The van der Waals surface area contributed by atoms with E-state index in [4.69, 9.17) is 0 Å². The van der Waals surface area contributed by atoms with Gasteiger partial charge in [-0.15, -0.1) is 0 Å². The van der Waals surface area contributed by atoms with Gasteiger partial charge in [0.1, 0.15) is 5.75 Å². The van der Waals surface area contributed by atoms with Gasteiger partial charge in [0.05, 0.1) is 11.2 Å². The summed E-state index contributed by atoms with van der Waals surface area (Å²) in [5.41, 5.74) is 1.94. The number of rotatable bonds is 1. The third-order valence-electron chi connectivity index (χ3n) is 3.42. The topological polar surface area (TPSA) is 46.0 Å². The zero-order valence-electron chi connectivity index (χ0n) is 9.36. The standard InChI is InChI=1S/C13H13BrN2O/c14-13-15-11-7-9(17)5-6-10(11)12(16-13)8-3-1-2-4-8/h5-8,17H,1-4H2. The molecule has 0 bridgehead atoms.